The van der Waals surface area contributed by atoms with Gasteiger partial charge in [0.25, 0.3) is 5.91 Å². The van der Waals surface area contributed by atoms with Crippen LogP contribution in [0.5, 0.6) is 0 Å². The number of amides is 1. The van der Waals surface area contributed by atoms with Crippen LogP contribution >= 0.6 is 11.6 Å². The van der Waals surface area contributed by atoms with E-state index < -0.39 is 0 Å². The molecular formula is C14H19ClN2O. The molecule has 0 radical (unpaired) electrons. The number of piperazine rings is 1. The van der Waals surface area contributed by atoms with Gasteiger partial charge in [0.1, 0.15) is 0 Å². The van der Waals surface area contributed by atoms with Crippen molar-refractivity contribution in [3.63, 3.8) is 0 Å². The Morgan fingerprint density at radius 3 is 2.72 bits per heavy atom. The minimum atomic E-state index is -0.161. The van der Waals surface area contributed by atoms with Gasteiger partial charge < -0.3 is 10.2 Å². The normalized spacial score (nSPS) is 18.8. The molecule has 1 heterocycles. The lowest BCUT2D eigenvalue weighted by Gasteiger charge is -2.42. The molecular weight excluding hydrogens is 248 g/mol. The molecule has 1 aromatic carbocycles. The number of nitrogens with zero attached hydrogens (tertiary/aromatic N) is 1. The van der Waals surface area contributed by atoms with Crippen LogP contribution in [0, 0.1) is 6.92 Å². The van der Waals surface area contributed by atoms with E-state index in [0.29, 0.717) is 10.6 Å². The fourth-order valence-electron chi connectivity index (χ4n) is 2.38. The predicted octanol–water partition coefficient (Wildman–Crippen LogP) is 2.47. The first-order valence-electron chi connectivity index (χ1n) is 6.20. The van der Waals surface area contributed by atoms with Crippen molar-refractivity contribution >= 4 is 17.5 Å². The summed E-state index contributed by atoms with van der Waals surface area (Å²) in [7, 11) is 0. The second kappa shape index (κ2) is 4.90. The SMILES string of the molecule is Cc1cc(Cl)cc(C(=O)N2CCNCC2(C)C)c1. The van der Waals surface area contributed by atoms with Gasteiger partial charge in [-0.15, -0.1) is 0 Å². The molecule has 1 aromatic rings. The van der Waals surface area contributed by atoms with Crippen molar-refractivity contribution in [3.05, 3.63) is 34.3 Å². The smallest absolute Gasteiger partial charge is 0.254 e. The van der Waals surface area contributed by atoms with E-state index in [1.165, 1.54) is 0 Å². The van der Waals surface area contributed by atoms with Gasteiger partial charge in [-0.25, -0.2) is 0 Å². The molecule has 1 N–H and O–H groups in total. The molecule has 0 aromatic heterocycles. The van der Waals surface area contributed by atoms with Crippen LogP contribution in [-0.4, -0.2) is 36.0 Å². The Labute approximate surface area is 113 Å². The summed E-state index contributed by atoms with van der Waals surface area (Å²) in [4.78, 5) is 14.5. The molecule has 1 fully saturated rings. The van der Waals surface area contributed by atoms with E-state index in [1.54, 1.807) is 6.07 Å². The van der Waals surface area contributed by atoms with Gasteiger partial charge in [-0.3, -0.25) is 4.79 Å². The Kier molecular flexibility index (Phi) is 3.64. The minimum Gasteiger partial charge on any atom is -0.331 e. The second-order valence-electron chi connectivity index (χ2n) is 5.46. The zero-order chi connectivity index (χ0) is 13.3. The number of benzene rings is 1. The molecule has 98 valence electrons. The first-order chi connectivity index (χ1) is 8.40. The van der Waals surface area contributed by atoms with Gasteiger partial charge in [0.05, 0.1) is 5.54 Å². The van der Waals surface area contributed by atoms with Crippen LogP contribution in [-0.2, 0) is 0 Å². The summed E-state index contributed by atoms with van der Waals surface area (Å²) in [5.74, 6) is 0.0621. The molecule has 1 aliphatic rings. The average molecular weight is 267 g/mol. The maximum absolute atomic E-state index is 12.6. The molecule has 1 aliphatic heterocycles. The van der Waals surface area contributed by atoms with Crippen LogP contribution in [0.3, 0.4) is 0 Å². The van der Waals surface area contributed by atoms with E-state index in [4.69, 9.17) is 11.6 Å². The minimum absolute atomic E-state index is 0.0621. The quantitative estimate of drug-likeness (QED) is 0.847. The number of rotatable bonds is 1. The number of carbonyl (C=O) groups excluding carboxylic acids is 1. The predicted molar refractivity (Wildman–Crippen MR) is 74.2 cm³/mol. The molecule has 1 saturated heterocycles. The van der Waals surface area contributed by atoms with Crippen molar-refractivity contribution < 1.29 is 4.79 Å². The fourth-order valence-corrected chi connectivity index (χ4v) is 2.66. The van der Waals surface area contributed by atoms with Crippen molar-refractivity contribution in [3.8, 4) is 0 Å². The summed E-state index contributed by atoms with van der Waals surface area (Å²) >= 11 is 6.02. The Bertz CT molecular complexity index is 451. The van der Waals surface area contributed by atoms with Crippen LogP contribution in [0.2, 0.25) is 5.02 Å². The Hall–Kier alpha value is -1.06. The van der Waals surface area contributed by atoms with Crippen LogP contribution in [0.4, 0.5) is 0 Å². The van der Waals surface area contributed by atoms with E-state index >= 15 is 0 Å². The second-order valence-corrected chi connectivity index (χ2v) is 5.90. The highest BCUT2D eigenvalue weighted by molar-refractivity contribution is 6.31. The van der Waals surface area contributed by atoms with Gasteiger partial charge in [0, 0.05) is 30.2 Å². The lowest BCUT2D eigenvalue weighted by Crippen LogP contribution is -2.59. The number of nitrogens with one attached hydrogen (secondary N) is 1. The van der Waals surface area contributed by atoms with E-state index in [0.717, 1.165) is 25.2 Å². The number of carbonyl (C=O) groups is 1. The van der Waals surface area contributed by atoms with Gasteiger partial charge in [0.15, 0.2) is 0 Å². The number of aryl methyl sites for hydroxylation is 1. The van der Waals surface area contributed by atoms with Crippen molar-refractivity contribution in [2.24, 2.45) is 0 Å². The summed E-state index contributed by atoms with van der Waals surface area (Å²) in [6.07, 6.45) is 0. The van der Waals surface area contributed by atoms with Gasteiger partial charge in [-0.1, -0.05) is 11.6 Å². The van der Waals surface area contributed by atoms with Crippen molar-refractivity contribution in [1.29, 1.82) is 0 Å². The third kappa shape index (κ3) is 2.68. The van der Waals surface area contributed by atoms with Crippen LogP contribution in [0.15, 0.2) is 18.2 Å². The molecule has 0 spiro atoms. The van der Waals surface area contributed by atoms with Gasteiger partial charge >= 0.3 is 0 Å². The molecule has 0 saturated carbocycles. The Morgan fingerprint density at radius 2 is 2.11 bits per heavy atom. The molecule has 1 amide bonds. The molecule has 18 heavy (non-hydrogen) atoms. The van der Waals surface area contributed by atoms with E-state index in [-0.39, 0.29) is 11.4 Å². The molecule has 0 unspecified atom stereocenters. The third-order valence-corrected chi connectivity index (χ3v) is 3.55. The summed E-state index contributed by atoms with van der Waals surface area (Å²) in [6, 6.07) is 5.50. The topological polar surface area (TPSA) is 32.3 Å². The zero-order valence-electron chi connectivity index (χ0n) is 11.1. The summed E-state index contributed by atoms with van der Waals surface area (Å²) in [6.45, 7) is 8.50. The number of halogens is 1. The van der Waals surface area contributed by atoms with E-state index in [1.807, 2.05) is 24.0 Å². The van der Waals surface area contributed by atoms with E-state index in [2.05, 4.69) is 19.2 Å². The van der Waals surface area contributed by atoms with E-state index in [9.17, 15) is 4.79 Å². The lowest BCUT2D eigenvalue weighted by molar-refractivity contribution is 0.0477. The number of hydrogen-bond acceptors (Lipinski definition) is 2. The van der Waals surface area contributed by atoms with Crippen LogP contribution in [0.25, 0.3) is 0 Å². The van der Waals surface area contributed by atoms with Crippen LogP contribution in [0.1, 0.15) is 29.8 Å². The number of hydrogen-bond donors (Lipinski definition) is 1. The Balaban J connectivity index is 2.30. The molecule has 0 aliphatic carbocycles. The van der Waals surface area contributed by atoms with Crippen LogP contribution < -0.4 is 5.32 Å². The molecule has 0 bridgehead atoms. The summed E-state index contributed by atoms with van der Waals surface area (Å²) in [5.41, 5.74) is 1.53. The van der Waals surface area contributed by atoms with Crippen molar-refractivity contribution in [2.45, 2.75) is 26.3 Å². The summed E-state index contributed by atoms with van der Waals surface area (Å²) in [5, 5.41) is 3.93. The van der Waals surface area contributed by atoms with Crippen molar-refractivity contribution in [1.82, 2.24) is 10.2 Å². The monoisotopic (exact) mass is 266 g/mol. The molecule has 4 heteroatoms. The molecule has 2 rings (SSSR count). The largest absolute Gasteiger partial charge is 0.331 e. The maximum Gasteiger partial charge on any atom is 0.254 e. The first kappa shape index (κ1) is 13.4. The lowest BCUT2D eigenvalue weighted by atomic mass is 9.98. The Morgan fingerprint density at radius 1 is 1.39 bits per heavy atom. The maximum atomic E-state index is 12.6. The molecule has 3 nitrogen and oxygen atoms in total. The fraction of sp³-hybridized carbons (Fsp3) is 0.500. The van der Waals surface area contributed by atoms with Gasteiger partial charge in [-0.05, 0) is 44.5 Å². The summed E-state index contributed by atoms with van der Waals surface area (Å²) < 4.78 is 0. The highest BCUT2D eigenvalue weighted by Gasteiger charge is 2.33. The molecule has 0 atom stereocenters. The first-order valence-corrected chi connectivity index (χ1v) is 6.58. The average Bonchev–Trinajstić information content (AvgIpc) is 2.26. The highest BCUT2D eigenvalue weighted by atomic mass is 35.5. The van der Waals surface area contributed by atoms with Crippen molar-refractivity contribution in [2.75, 3.05) is 19.6 Å². The zero-order valence-corrected chi connectivity index (χ0v) is 11.8. The standard InChI is InChI=1S/C14H19ClN2O/c1-10-6-11(8-12(15)7-10)13(18)17-5-4-16-9-14(17,2)3/h6-8,16H,4-5,9H2,1-3H3. The highest BCUT2D eigenvalue weighted by Crippen LogP contribution is 2.22. The van der Waals surface area contributed by atoms with Gasteiger partial charge in [0.2, 0.25) is 0 Å². The third-order valence-electron chi connectivity index (χ3n) is 3.33. The van der Waals surface area contributed by atoms with Gasteiger partial charge in [-0.2, -0.15) is 0 Å².